The fourth-order valence-corrected chi connectivity index (χ4v) is 1.52. The molecule has 3 heteroatoms. The van der Waals surface area contributed by atoms with E-state index in [9.17, 15) is 0 Å². The number of nitrogens with zero attached hydrogens (tertiary/aromatic N) is 1. The highest BCUT2D eigenvalue weighted by molar-refractivity contribution is 5.63. The van der Waals surface area contributed by atoms with Crippen LogP contribution in [0.15, 0.2) is 24.5 Å². The number of nitrogens with one attached hydrogen (secondary N) is 1. The molecule has 0 radical (unpaired) electrons. The topological polar surface area (TPSA) is 34.2 Å². The quantitative estimate of drug-likeness (QED) is 0.768. The largest absolute Gasteiger partial charge is 0.489 e. The molecular weight excluding hydrogens is 212 g/mol. The third-order valence-corrected chi connectivity index (χ3v) is 2.39. The zero-order chi connectivity index (χ0) is 12.7. The number of hydrogen-bond acceptors (Lipinski definition) is 3. The van der Waals surface area contributed by atoms with Gasteiger partial charge in [-0.15, -0.1) is 0 Å². The van der Waals surface area contributed by atoms with Crippen molar-refractivity contribution in [1.29, 1.82) is 0 Å². The second-order valence-electron chi connectivity index (χ2n) is 4.36. The number of aromatic nitrogens is 1. The van der Waals surface area contributed by atoms with E-state index in [2.05, 4.69) is 23.3 Å². The molecule has 17 heavy (non-hydrogen) atoms. The van der Waals surface area contributed by atoms with Crippen LogP contribution < -0.4 is 10.1 Å². The van der Waals surface area contributed by atoms with Crippen molar-refractivity contribution in [3.63, 3.8) is 0 Å². The molecule has 94 valence electrons. The minimum atomic E-state index is 0.181. The average Bonchev–Trinajstić information content (AvgIpc) is 2.28. The molecular formula is C14H22N2O. The summed E-state index contributed by atoms with van der Waals surface area (Å²) in [6.07, 6.45) is 7.05. The smallest absolute Gasteiger partial charge is 0.138 e. The van der Waals surface area contributed by atoms with Crippen LogP contribution in [0.4, 0.5) is 0 Å². The van der Waals surface area contributed by atoms with E-state index in [0.29, 0.717) is 0 Å². The maximum Gasteiger partial charge on any atom is 0.138 e. The summed E-state index contributed by atoms with van der Waals surface area (Å²) in [6.45, 7) is 7.13. The Bertz CT molecular complexity index is 372. The van der Waals surface area contributed by atoms with Crippen LogP contribution in [0.2, 0.25) is 0 Å². The first-order valence-electron chi connectivity index (χ1n) is 6.07. The van der Waals surface area contributed by atoms with Crippen molar-refractivity contribution in [3.05, 3.63) is 30.1 Å². The van der Waals surface area contributed by atoms with E-state index >= 15 is 0 Å². The van der Waals surface area contributed by atoms with Gasteiger partial charge in [0.1, 0.15) is 5.75 Å². The summed E-state index contributed by atoms with van der Waals surface area (Å²) >= 11 is 0. The average molecular weight is 234 g/mol. The lowest BCUT2D eigenvalue weighted by Gasteiger charge is -2.10. The van der Waals surface area contributed by atoms with Crippen LogP contribution in [0.3, 0.4) is 0 Å². The predicted molar refractivity (Wildman–Crippen MR) is 72.2 cm³/mol. The van der Waals surface area contributed by atoms with Crippen LogP contribution in [0, 0.1) is 0 Å². The van der Waals surface area contributed by atoms with Gasteiger partial charge >= 0.3 is 0 Å². The van der Waals surface area contributed by atoms with E-state index in [1.54, 1.807) is 6.20 Å². The first-order valence-corrected chi connectivity index (χ1v) is 6.07. The standard InChI is InChI=1S/C14H22N2O/c1-11(2)17-14-8-13(9-16-10-14)12(3)6-5-7-15-4/h6,8-11,15H,5,7H2,1-4H3/b12-6-. The molecule has 0 saturated heterocycles. The summed E-state index contributed by atoms with van der Waals surface area (Å²) in [6, 6.07) is 2.04. The maximum atomic E-state index is 5.63. The Morgan fingerprint density at radius 3 is 2.88 bits per heavy atom. The van der Waals surface area contributed by atoms with Crippen LogP contribution in [0.25, 0.3) is 5.57 Å². The van der Waals surface area contributed by atoms with Gasteiger partial charge in [-0.25, -0.2) is 0 Å². The molecule has 0 saturated carbocycles. The Labute approximate surface area is 104 Å². The van der Waals surface area contributed by atoms with Gasteiger partial charge in [-0.3, -0.25) is 4.98 Å². The van der Waals surface area contributed by atoms with E-state index in [-0.39, 0.29) is 6.10 Å². The third kappa shape index (κ3) is 5.00. The number of hydrogen-bond donors (Lipinski definition) is 1. The Morgan fingerprint density at radius 1 is 1.47 bits per heavy atom. The molecule has 1 aromatic rings. The van der Waals surface area contributed by atoms with Gasteiger partial charge in [-0.2, -0.15) is 0 Å². The van der Waals surface area contributed by atoms with E-state index in [4.69, 9.17) is 4.74 Å². The fourth-order valence-electron chi connectivity index (χ4n) is 1.52. The van der Waals surface area contributed by atoms with Crippen molar-refractivity contribution in [1.82, 2.24) is 10.3 Å². The van der Waals surface area contributed by atoms with Gasteiger partial charge < -0.3 is 10.1 Å². The molecule has 1 N–H and O–H groups in total. The van der Waals surface area contributed by atoms with Crippen molar-refractivity contribution in [2.75, 3.05) is 13.6 Å². The molecule has 1 rings (SSSR count). The molecule has 0 aliphatic heterocycles. The zero-order valence-electron chi connectivity index (χ0n) is 11.2. The van der Waals surface area contributed by atoms with Crippen molar-refractivity contribution in [2.24, 2.45) is 0 Å². The first kappa shape index (κ1) is 13.7. The molecule has 1 aromatic heterocycles. The molecule has 0 unspecified atom stereocenters. The number of pyridine rings is 1. The molecule has 0 atom stereocenters. The summed E-state index contributed by atoms with van der Waals surface area (Å²) in [5, 5.41) is 3.13. The summed E-state index contributed by atoms with van der Waals surface area (Å²) in [5.41, 5.74) is 2.36. The molecule has 1 heterocycles. The van der Waals surface area contributed by atoms with Crippen molar-refractivity contribution in [3.8, 4) is 5.75 Å². The first-order chi connectivity index (χ1) is 8.13. The minimum absolute atomic E-state index is 0.181. The zero-order valence-corrected chi connectivity index (χ0v) is 11.2. The summed E-state index contributed by atoms with van der Waals surface area (Å²) in [4.78, 5) is 4.21. The van der Waals surface area contributed by atoms with Crippen molar-refractivity contribution >= 4 is 5.57 Å². The van der Waals surface area contributed by atoms with E-state index in [1.807, 2.05) is 33.2 Å². The summed E-state index contributed by atoms with van der Waals surface area (Å²) < 4.78 is 5.63. The van der Waals surface area contributed by atoms with Crippen LogP contribution in [0.1, 0.15) is 32.8 Å². The summed E-state index contributed by atoms with van der Waals surface area (Å²) in [7, 11) is 1.96. The number of rotatable bonds is 6. The fraction of sp³-hybridized carbons (Fsp3) is 0.500. The maximum absolute atomic E-state index is 5.63. The second kappa shape index (κ2) is 7.07. The van der Waals surface area contributed by atoms with Crippen LogP contribution >= 0.6 is 0 Å². The lowest BCUT2D eigenvalue weighted by Crippen LogP contribution is -2.06. The highest BCUT2D eigenvalue weighted by Gasteiger charge is 2.01. The Balaban J connectivity index is 2.73. The van der Waals surface area contributed by atoms with Crippen LogP contribution in [-0.2, 0) is 0 Å². The van der Waals surface area contributed by atoms with Crippen molar-refractivity contribution in [2.45, 2.75) is 33.3 Å². The number of ether oxygens (including phenoxy) is 1. The monoisotopic (exact) mass is 234 g/mol. The number of allylic oxidation sites excluding steroid dienone is 1. The highest BCUT2D eigenvalue weighted by atomic mass is 16.5. The van der Waals surface area contributed by atoms with Crippen LogP contribution in [-0.4, -0.2) is 24.7 Å². The molecule has 0 amide bonds. The van der Waals surface area contributed by atoms with E-state index < -0.39 is 0 Å². The van der Waals surface area contributed by atoms with Gasteiger partial charge in [0, 0.05) is 6.20 Å². The van der Waals surface area contributed by atoms with Gasteiger partial charge in [-0.1, -0.05) is 6.08 Å². The Morgan fingerprint density at radius 2 is 2.24 bits per heavy atom. The Kier molecular flexibility index (Phi) is 5.70. The Hall–Kier alpha value is -1.35. The van der Waals surface area contributed by atoms with Crippen molar-refractivity contribution < 1.29 is 4.74 Å². The lowest BCUT2D eigenvalue weighted by molar-refractivity contribution is 0.241. The van der Waals surface area contributed by atoms with Gasteiger partial charge in [0.2, 0.25) is 0 Å². The van der Waals surface area contributed by atoms with Gasteiger partial charge in [0.15, 0.2) is 0 Å². The predicted octanol–water partition coefficient (Wildman–Crippen LogP) is 2.88. The molecule has 0 fully saturated rings. The lowest BCUT2D eigenvalue weighted by atomic mass is 10.1. The molecule has 3 nitrogen and oxygen atoms in total. The molecule has 0 bridgehead atoms. The molecule has 0 aromatic carbocycles. The SMILES string of the molecule is CNCC/C=C(/C)c1cncc(OC(C)C)c1. The second-order valence-corrected chi connectivity index (χ2v) is 4.36. The molecule has 0 aliphatic rings. The minimum Gasteiger partial charge on any atom is -0.489 e. The van der Waals surface area contributed by atoms with Gasteiger partial charge in [-0.05, 0) is 58.0 Å². The summed E-state index contributed by atoms with van der Waals surface area (Å²) in [5.74, 6) is 0.832. The van der Waals surface area contributed by atoms with Crippen LogP contribution in [0.5, 0.6) is 5.75 Å². The van der Waals surface area contributed by atoms with E-state index in [1.165, 1.54) is 5.57 Å². The molecule has 0 aliphatic carbocycles. The highest BCUT2D eigenvalue weighted by Crippen LogP contribution is 2.19. The normalized spacial score (nSPS) is 11.9. The van der Waals surface area contributed by atoms with Gasteiger partial charge in [0.05, 0.1) is 12.3 Å². The molecule has 0 spiro atoms. The van der Waals surface area contributed by atoms with Gasteiger partial charge in [0.25, 0.3) is 0 Å². The third-order valence-electron chi connectivity index (χ3n) is 2.39. The van der Waals surface area contributed by atoms with E-state index in [0.717, 1.165) is 24.3 Å².